The zero-order valence-corrected chi connectivity index (χ0v) is 11.0. The molecule has 3 rings (SSSR count). The number of aliphatic hydroxyl groups excluding tert-OH is 1. The fourth-order valence-electron chi connectivity index (χ4n) is 3.56. The molecule has 1 unspecified atom stereocenters. The lowest BCUT2D eigenvalue weighted by Crippen LogP contribution is -2.32. The summed E-state index contributed by atoms with van der Waals surface area (Å²) in [6.45, 7) is 1.88. The maximum atomic E-state index is 10.3. The van der Waals surface area contributed by atoms with Gasteiger partial charge in [-0.2, -0.15) is 0 Å². The highest BCUT2D eigenvalue weighted by molar-refractivity contribution is 5.57. The highest BCUT2D eigenvalue weighted by atomic mass is 16.3. The molecule has 1 heterocycles. The van der Waals surface area contributed by atoms with Gasteiger partial charge < -0.3 is 10.0 Å². The van der Waals surface area contributed by atoms with Gasteiger partial charge in [-0.05, 0) is 30.4 Å². The summed E-state index contributed by atoms with van der Waals surface area (Å²) in [6, 6.07) is 8.60. The van der Waals surface area contributed by atoms with Gasteiger partial charge in [-0.3, -0.25) is 0 Å². The summed E-state index contributed by atoms with van der Waals surface area (Å²) in [5, 5.41) is 10.3. The Labute approximate surface area is 110 Å². The Morgan fingerprint density at radius 3 is 2.83 bits per heavy atom. The zero-order valence-electron chi connectivity index (χ0n) is 11.0. The molecule has 0 aromatic heterocycles. The second-order valence-electron chi connectivity index (χ2n) is 5.86. The van der Waals surface area contributed by atoms with Crippen molar-refractivity contribution in [1.82, 2.24) is 0 Å². The van der Waals surface area contributed by atoms with Crippen LogP contribution < -0.4 is 4.90 Å². The van der Waals surface area contributed by atoms with Crippen LogP contribution in [0.15, 0.2) is 24.3 Å². The molecule has 1 aromatic rings. The summed E-state index contributed by atoms with van der Waals surface area (Å²) in [5.41, 5.74) is 2.77. The predicted molar refractivity (Wildman–Crippen MR) is 74.9 cm³/mol. The zero-order chi connectivity index (χ0) is 12.4. The van der Waals surface area contributed by atoms with Gasteiger partial charge in [0.2, 0.25) is 0 Å². The van der Waals surface area contributed by atoms with Gasteiger partial charge in [0.25, 0.3) is 0 Å². The number of para-hydroxylation sites is 1. The van der Waals surface area contributed by atoms with Crippen LogP contribution in [-0.2, 0) is 6.42 Å². The van der Waals surface area contributed by atoms with Crippen molar-refractivity contribution < 1.29 is 5.11 Å². The molecule has 0 amide bonds. The topological polar surface area (TPSA) is 23.5 Å². The van der Waals surface area contributed by atoms with E-state index in [0.29, 0.717) is 0 Å². The summed E-state index contributed by atoms with van der Waals surface area (Å²) in [4.78, 5) is 2.36. The van der Waals surface area contributed by atoms with Gasteiger partial charge in [0.05, 0.1) is 6.10 Å². The number of β-amino-alcohol motifs (C(OH)–C–C–N with tert-alkyl or cyclic N) is 1. The molecule has 1 aliphatic heterocycles. The summed E-state index contributed by atoms with van der Waals surface area (Å²) in [7, 11) is 0. The molecular weight excluding hydrogens is 222 g/mol. The van der Waals surface area contributed by atoms with E-state index >= 15 is 0 Å². The second kappa shape index (κ2) is 5.31. The SMILES string of the molecule is OC(CC1CCCC1)CN1CCc2ccccc21. The van der Waals surface area contributed by atoms with Gasteiger partial charge in [-0.25, -0.2) is 0 Å². The third-order valence-electron chi connectivity index (χ3n) is 4.49. The standard InChI is InChI=1S/C16H23NO/c18-15(11-13-5-1-2-6-13)12-17-10-9-14-7-3-4-8-16(14)17/h3-4,7-8,13,15,18H,1-2,5-6,9-12H2. The number of benzene rings is 1. The Bertz CT molecular complexity index is 398. The number of hydrogen-bond acceptors (Lipinski definition) is 2. The number of aliphatic hydroxyl groups is 1. The number of rotatable bonds is 4. The molecule has 2 heteroatoms. The molecule has 1 aliphatic carbocycles. The van der Waals surface area contributed by atoms with Crippen LogP contribution in [0.25, 0.3) is 0 Å². The molecule has 1 fully saturated rings. The van der Waals surface area contributed by atoms with Gasteiger partial charge in [-0.15, -0.1) is 0 Å². The minimum atomic E-state index is -0.153. The van der Waals surface area contributed by atoms with Crippen molar-refractivity contribution in [3.63, 3.8) is 0 Å². The Hall–Kier alpha value is -1.02. The molecule has 98 valence electrons. The fourth-order valence-corrected chi connectivity index (χ4v) is 3.56. The molecule has 0 spiro atoms. The Kier molecular flexibility index (Phi) is 3.55. The molecule has 1 N–H and O–H groups in total. The monoisotopic (exact) mass is 245 g/mol. The van der Waals surface area contributed by atoms with Crippen molar-refractivity contribution in [2.45, 2.75) is 44.6 Å². The van der Waals surface area contributed by atoms with Gasteiger partial charge in [0, 0.05) is 18.8 Å². The van der Waals surface area contributed by atoms with E-state index in [1.165, 1.54) is 36.9 Å². The highest BCUT2D eigenvalue weighted by Gasteiger charge is 2.23. The molecule has 1 saturated carbocycles. The molecule has 1 atom stereocenters. The minimum Gasteiger partial charge on any atom is -0.391 e. The molecule has 0 bridgehead atoms. The lowest BCUT2D eigenvalue weighted by molar-refractivity contribution is 0.148. The molecular formula is C16H23NO. The molecule has 0 radical (unpaired) electrons. The van der Waals surface area contributed by atoms with Gasteiger partial charge in [0.1, 0.15) is 0 Å². The maximum Gasteiger partial charge on any atom is 0.0717 e. The quantitative estimate of drug-likeness (QED) is 0.881. The highest BCUT2D eigenvalue weighted by Crippen LogP contribution is 2.31. The summed E-state index contributed by atoms with van der Waals surface area (Å²) in [5.74, 6) is 0.776. The van der Waals surface area contributed by atoms with Crippen molar-refractivity contribution in [3.05, 3.63) is 29.8 Å². The van der Waals surface area contributed by atoms with E-state index in [4.69, 9.17) is 0 Å². The lowest BCUT2D eigenvalue weighted by atomic mass is 10.00. The van der Waals surface area contributed by atoms with E-state index in [0.717, 1.165) is 31.8 Å². The van der Waals surface area contributed by atoms with E-state index in [-0.39, 0.29) is 6.10 Å². The smallest absolute Gasteiger partial charge is 0.0717 e. The molecule has 1 aromatic carbocycles. The van der Waals surface area contributed by atoms with Crippen LogP contribution in [0.5, 0.6) is 0 Å². The minimum absolute atomic E-state index is 0.153. The third-order valence-corrected chi connectivity index (χ3v) is 4.49. The number of hydrogen-bond donors (Lipinski definition) is 1. The first-order chi connectivity index (χ1) is 8.83. The summed E-state index contributed by atoms with van der Waals surface area (Å²) < 4.78 is 0. The number of nitrogens with zero attached hydrogens (tertiary/aromatic N) is 1. The van der Waals surface area contributed by atoms with Crippen LogP contribution in [0, 0.1) is 5.92 Å². The van der Waals surface area contributed by atoms with Gasteiger partial charge >= 0.3 is 0 Å². The van der Waals surface area contributed by atoms with Crippen LogP contribution in [0.3, 0.4) is 0 Å². The number of anilines is 1. The van der Waals surface area contributed by atoms with E-state index in [2.05, 4.69) is 29.2 Å². The van der Waals surface area contributed by atoms with Gasteiger partial charge in [-0.1, -0.05) is 43.9 Å². The van der Waals surface area contributed by atoms with E-state index in [1.807, 2.05) is 0 Å². The largest absolute Gasteiger partial charge is 0.391 e. The van der Waals surface area contributed by atoms with Gasteiger partial charge in [0.15, 0.2) is 0 Å². The first-order valence-corrected chi connectivity index (χ1v) is 7.34. The van der Waals surface area contributed by atoms with Crippen molar-refractivity contribution in [3.8, 4) is 0 Å². The lowest BCUT2D eigenvalue weighted by Gasteiger charge is -2.24. The Balaban J connectivity index is 1.57. The molecule has 18 heavy (non-hydrogen) atoms. The first kappa shape index (κ1) is 12.0. The third kappa shape index (κ3) is 2.54. The summed E-state index contributed by atoms with van der Waals surface area (Å²) >= 11 is 0. The van der Waals surface area contributed by atoms with Crippen LogP contribution in [-0.4, -0.2) is 24.3 Å². The molecule has 2 nitrogen and oxygen atoms in total. The first-order valence-electron chi connectivity index (χ1n) is 7.34. The van der Waals surface area contributed by atoms with Crippen molar-refractivity contribution >= 4 is 5.69 Å². The van der Waals surface area contributed by atoms with Crippen molar-refractivity contribution in [1.29, 1.82) is 0 Å². The van der Waals surface area contributed by atoms with E-state index in [9.17, 15) is 5.11 Å². The van der Waals surface area contributed by atoms with Crippen LogP contribution in [0.2, 0.25) is 0 Å². The predicted octanol–water partition coefficient (Wildman–Crippen LogP) is 2.99. The Morgan fingerprint density at radius 2 is 2.00 bits per heavy atom. The summed E-state index contributed by atoms with van der Waals surface area (Å²) in [6.07, 6.45) is 7.36. The molecule has 0 saturated heterocycles. The Morgan fingerprint density at radius 1 is 1.22 bits per heavy atom. The van der Waals surface area contributed by atoms with Crippen LogP contribution in [0.1, 0.15) is 37.7 Å². The van der Waals surface area contributed by atoms with E-state index < -0.39 is 0 Å². The average Bonchev–Trinajstić information content (AvgIpc) is 3.00. The normalized spacial score (nSPS) is 21.3. The van der Waals surface area contributed by atoms with Crippen LogP contribution >= 0.6 is 0 Å². The van der Waals surface area contributed by atoms with Crippen molar-refractivity contribution in [2.75, 3.05) is 18.0 Å². The van der Waals surface area contributed by atoms with Crippen molar-refractivity contribution in [2.24, 2.45) is 5.92 Å². The fraction of sp³-hybridized carbons (Fsp3) is 0.625. The second-order valence-corrected chi connectivity index (χ2v) is 5.86. The maximum absolute atomic E-state index is 10.3. The van der Waals surface area contributed by atoms with E-state index in [1.54, 1.807) is 0 Å². The molecule has 2 aliphatic rings. The number of fused-ring (bicyclic) bond motifs is 1. The average molecular weight is 245 g/mol. The van der Waals surface area contributed by atoms with Crippen LogP contribution in [0.4, 0.5) is 5.69 Å².